The number of hydrogen-bond donors (Lipinski definition) is 0. The van der Waals surface area contributed by atoms with Gasteiger partial charge in [-0.3, -0.25) is 15.0 Å². The van der Waals surface area contributed by atoms with Crippen molar-refractivity contribution in [2.24, 2.45) is 0 Å². The molecule has 0 bridgehead atoms. The highest BCUT2D eigenvalue weighted by atomic mass is 32.2. The smallest absolute Gasteiger partial charge is 0.0708 e. The number of allylic oxidation sites excluding steroid dienone is 4. The number of pyridine rings is 3. The fourth-order valence-corrected chi connectivity index (χ4v) is 13.1. The lowest BCUT2D eigenvalue weighted by Crippen LogP contribution is -2.07. The van der Waals surface area contributed by atoms with E-state index in [1.54, 1.807) is 0 Å². The van der Waals surface area contributed by atoms with Crippen molar-refractivity contribution in [1.82, 2.24) is 24.1 Å². The Morgan fingerprint density at radius 1 is 0.360 bits per heavy atom. The molecule has 0 spiro atoms. The van der Waals surface area contributed by atoms with Gasteiger partial charge in [0.05, 0.1) is 39.1 Å². The van der Waals surface area contributed by atoms with Crippen molar-refractivity contribution < 1.29 is 0 Å². The van der Waals surface area contributed by atoms with E-state index in [-0.39, 0.29) is 5.92 Å². The van der Waals surface area contributed by atoms with Gasteiger partial charge in [-0.2, -0.15) is 0 Å². The molecule has 6 heterocycles. The van der Waals surface area contributed by atoms with Crippen molar-refractivity contribution in [3.63, 3.8) is 0 Å². The molecule has 5 nitrogen and oxygen atoms in total. The zero-order valence-corrected chi connectivity index (χ0v) is 41.5. The molecule has 0 fully saturated rings. The monoisotopic (exact) mass is 975 g/mol. The Hall–Kier alpha value is -9.36. The minimum Gasteiger partial charge on any atom is -0.313 e. The molecule has 0 saturated heterocycles. The van der Waals surface area contributed by atoms with Gasteiger partial charge in [-0.1, -0.05) is 139 Å². The molecule has 2 aliphatic rings. The fraction of sp³-hybridized carbons (Fsp3) is 0.0290. The van der Waals surface area contributed by atoms with Gasteiger partial charge in [0.25, 0.3) is 0 Å². The first kappa shape index (κ1) is 43.2. The average molecular weight is 976 g/mol. The first-order valence-electron chi connectivity index (χ1n) is 25.6. The maximum atomic E-state index is 4.78. The van der Waals surface area contributed by atoms with Crippen LogP contribution in [0.5, 0.6) is 0 Å². The number of hydrogen-bond acceptors (Lipinski definition) is 4. The minimum atomic E-state index is 0.225. The standard InChI is InChI=1S/C69H45N5S/c1-4-18-52(61-22-9-12-36-70-61)49(15-1)44-26-31-65-56(39-44)55-21-7-8-25-64(55)73(65)47-29-34-68-59(42-47)60-43-48(30-35-69(60)75-68)74-66-32-27-45(50-16-2-5-19-53(50)62-23-10-13-37-71-62)40-57(66)58-41-46(28-33-67(58)74)51-17-3-6-20-54(51)63-24-11-14-38-72-63/h1-41,43,59H,42H2. The molecule has 6 heteroatoms. The molecule has 0 radical (unpaired) electrons. The molecule has 13 aromatic rings. The van der Waals surface area contributed by atoms with Crippen molar-refractivity contribution in [3.8, 4) is 72.8 Å². The third kappa shape index (κ3) is 7.20. The lowest BCUT2D eigenvalue weighted by atomic mass is 9.90. The number of fused-ring (bicyclic) bond motifs is 9. The number of nitrogens with zero attached hydrogens (tertiary/aromatic N) is 5. The van der Waals surface area contributed by atoms with E-state index in [0.29, 0.717) is 0 Å². The summed E-state index contributed by atoms with van der Waals surface area (Å²) in [6, 6.07) is 81.2. The first-order valence-corrected chi connectivity index (χ1v) is 26.4. The summed E-state index contributed by atoms with van der Waals surface area (Å²) in [5, 5.41) is 4.89. The molecule has 8 aromatic carbocycles. The van der Waals surface area contributed by atoms with Crippen molar-refractivity contribution in [1.29, 1.82) is 0 Å². The van der Waals surface area contributed by atoms with Crippen molar-refractivity contribution in [3.05, 3.63) is 266 Å². The second kappa shape index (κ2) is 17.7. The molecule has 5 aromatic heterocycles. The van der Waals surface area contributed by atoms with Crippen molar-refractivity contribution in [2.75, 3.05) is 0 Å². The Bertz CT molecular complexity index is 4330. The molecule has 0 saturated carbocycles. The molecule has 1 aliphatic carbocycles. The SMILES string of the molecule is C1=C2Sc3ccc(-n4c5ccc(-c6ccccc6-c6ccccn6)cc5c5cc(-c6ccccc6-c6ccccn6)ccc54)cc3C2CC(n2c3ccccc3c3cc(-c4ccccc4-c4ccccn4)ccc32)=C1. The summed E-state index contributed by atoms with van der Waals surface area (Å²) >= 11 is 1.92. The summed E-state index contributed by atoms with van der Waals surface area (Å²) in [6.07, 6.45) is 11.2. The first-order chi connectivity index (χ1) is 37.2. The van der Waals surface area contributed by atoms with Crippen LogP contribution < -0.4 is 0 Å². The summed E-state index contributed by atoms with van der Waals surface area (Å²) in [7, 11) is 0. The maximum absolute atomic E-state index is 4.78. The Morgan fingerprint density at radius 2 is 0.800 bits per heavy atom. The molecule has 352 valence electrons. The Morgan fingerprint density at radius 3 is 1.31 bits per heavy atom. The second-order valence-electron chi connectivity index (χ2n) is 19.5. The molecular formula is C69H45N5S. The highest BCUT2D eigenvalue weighted by Crippen LogP contribution is 2.55. The van der Waals surface area contributed by atoms with Crippen LogP contribution in [0.4, 0.5) is 0 Å². The lowest BCUT2D eigenvalue weighted by Gasteiger charge is -2.22. The van der Waals surface area contributed by atoms with Gasteiger partial charge in [0.15, 0.2) is 0 Å². The van der Waals surface area contributed by atoms with Crippen LogP contribution in [-0.2, 0) is 0 Å². The van der Waals surface area contributed by atoms with Crippen LogP contribution in [0.25, 0.3) is 122 Å². The Kier molecular flexibility index (Phi) is 10.2. The van der Waals surface area contributed by atoms with Crippen molar-refractivity contribution >= 4 is 61.1 Å². The largest absolute Gasteiger partial charge is 0.313 e. The molecule has 15 rings (SSSR count). The third-order valence-corrected chi connectivity index (χ3v) is 16.6. The number of thioether (sulfide) groups is 1. The minimum absolute atomic E-state index is 0.225. The summed E-state index contributed by atoms with van der Waals surface area (Å²) in [5.41, 5.74) is 21.8. The summed E-state index contributed by atoms with van der Waals surface area (Å²) in [4.78, 5) is 17.0. The van der Waals surface area contributed by atoms with Crippen LogP contribution >= 0.6 is 11.8 Å². The molecule has 1 aliphatic heterocycles. The predicted octanol–water partition coefficient (Wildman–Crippen LogP) is 18.1. The Balaban J connectivity index is 0.846. The van der Waals surface area contributed by atoms with Crippen LogP contribution in [0.1, 0.15) is 17.9 Å². The molecular weight excluding hydrogens is 931 g/mol. The van der Waals surface area contributed by atoms with E-state index in [0.717, 1.165) is 79.2 Å². The van der Waals surface area contributed by atoms with Gasteiger partial charge in [0.2, 0.25) is 0 Å². The third-order valence-electron chi connectivity index (χ3n) is 15.3. The summed E-state index contributed by atoms with van der Waals surface area (Å²) in [6.45, 7) is 0. The van der Waals surface area contributed by atoms with Crippen LogP contribution in [0, 0.1) is 0 Å². The van der Waals surface area contributed by atoms with E-state index < -0.39 is 0 Å². The second-order valence-corrected chi connectivity index (χ2v) is 20.6. The zero-order chi connectivity index (χ0) is 49.4. The average Bonchev–Trinajstić information content (AvgIpc) is 4.17. The number of para-hydroxylation sites is 1. The van der Waals surface area contributed by atoms with E-state index in [1.807, 2.05) is 48.6 Å². The molecule has 0 N–H and O–H groups in total. The van der Waals surface area contributed by atoms with Gasteiger partial charge in [0, 0.05) is 79.0 Å². The topological polar surface area (TPSA) is 48.5 Å². The quantitative estimate of drug-likeness (QED) is 0.152. The van der Waals surface area contributed by atoms with E-state index in [9.17, 15) is 0 Å². The number of aromatic nitrogens is 5. The zero-order valence-electron chi connectivity index (χ0n) is 40.7. The van der Waals surface area contributed by atoms with Crippen molar-refractivity contribution in [2.45, 2.75) is 17.2 Å². The van der Waals surface area contributed by atoms with Gasteiger partial charge < -0.3 is 9.13 Å². The Labute approximate surface area is 438 Å². The molecule has 1 unspecified atom stereocenters. The maximum Gasteiger partial charge on any atom is 0.0708 e. The van der Waals surface area contributed by atoms with E-state index in [1.165, 1.54) is 64.8 Å². The van der Waals surface area contributed by atoms with Gasteiger partial charge in [-0.25, -0.2) is 0 Å². The van der Waals surface area contributed by atoms with Crippen LogP contribution in [-0.4, -0.2) is 24.1 Å². The molecule has 0 amide bonds. The normalized spacial score (nSPS) is 14.1. The van der Waals surface area contributed by atoms with Gasteiger partial charge >= 0.3 is 0 Å². The predicted molar refractivity (Wildman–Crippen MR) is 312 cm³/mol. The lowest BCUT2D eigenvalue weighted by molar-refractivity contribution is 0.821. The summed E-state index contributed by atoms with van der Waals surface area (Å²) < 4.78 is 5.00. The number of benzene rings is 8. The van der Waals surface area contributed by atoms with Gasteiger partial charge in [-0.05, 0) is 159 Å². The summed E-state index contributed by atoms with van der Waals surface area (Å²) in [5.74, 6) is 0.225. The van der Waals surface area contributed by atoms with E-state index in [4.69, 9.17) is 15.0 Å². The number of rotatable bonds is 8. The van der Waals surface area contributed by atoms with Crippen LogP contribution in [0.15, 0.2) is 265 Å². The van der Waals surface area contributed by atoms with Crippen LogP contribution in [0.3, 0.4) is 0 Å². The molecule has 1 atom stereocenters. The van der Waals surface area contributed by atoms with E-state index >= 15 is 0 Å². The van der Waals surface area contributed by atoms with E-state index in [2.05, 4.69) is 228 Å². The highest BCUT2D eigenvalue weighted by Gasteiger charge is 2.33. The fourth-order valence-electron chi connectivity index (χ4n) is 11.9. The highest BCUT2D eigenvalue weighted by molar-refractivity contribution is 8.03. The van der Waals surface area contributed by atoms with Gasteiger partial charge in [0.1, 0.15) is 0 Å². The van der Waals surface area contributed by atoms with Crippen LogP contribution in [0.2, 0.25) is 0 Å². The molecule has 75 heavy (non-hydrogen) atoms. The van der Waals surface area contributed by atoms with Gasteiger partial charge in [-0.15, -0.1) is 0 Å².